The van der Waals surface area contributed by atoms with E-state index in [1.165, 1.54) is 0 Å². The van der Waals surface area contributed by atoms with Crippen LogP contribution in [-0.4, -0.2) is 32.8 Å². The Morgan fingerprint density at radius 1 is 1.50 bits per heavy atom. The monoisotopic (exact) mass is 227 g/mol. The van der Waals surface area contributed by atoms with Crippen LogP contribution in [0.3, 0.4) is 0 Å². The molecule has 0 rings (SSSR count). The largest absolute Gasteiger partial charge is 0.385 e. The van der Waals surface area contributed by atoms with E-state index in [0.29, 0.717) is 19.0 Å². The van der Waals surface area contributed by atoms with E-state index in [2.05, 4.69) is 30.7 Å². The van der Waals surface area contributed by atoms with Crippen LogP contribution < -0.4 is 11.1 Å². The zero-order chi connectivity index (χ0) is 12.6. The lowest BCUT2D eigenvalue weighted by molar-refractivity contribution is 0.155. The molecule has 4 nitrogen and oxygen atoms in total. The molecule has 0 atom stereocenters. The van der Waals surface area contributed by atoms with Crippen molar-refractivity contribution in [1.82, 2.24) is 5.32 Å². The Balaban J connectivity index is 3.98. The van der Waals surface area contributed by atoms with Crippen molar-refractivity contribution in [2.75, 3.05) is 26.8 Å². The Labute approximate surface area is 99.0 Å². The van der Waals surface area contributed by atoms with Crippen LogP contribution in [0, 0.1) is 5.41 Å². The van der Waals surface area contributed by atoms with E-state index in [0.717, 1.165) is 18.6 Å². The van der Waals surface area contributed by atoms with Crippen molar-refractivity contribution < 1.29 is 4.74 Å². The summed E-state index contributed by atoms with van der Waals surface area (Å²) < 4.78 is 5.06. The number of hydrogen-bond donors (Lipinski definition) is 2. The molecule has 3 N–H and O–H groups in total. The van der Waals surface area contributed by atoms with Gasteiger partial charge in [-0.25, -0.2) is 0 Å². The lowest BCUT2D eigenvalue weighted by Gasteiger charge is -2.21. The summed E-state index contributed by atoms with van der Waals surface area (Å²) in [6, 6.07) is 0. The van der Waals surface area contributed by atoms with Gasteiger partial charge in [-0.2, -0.15) is 0 Å². The molecule has 0 saturated carbocycles. The average molecular weight is 227 g/mol. The Hall–Kier alpha value is -1.03. The molecule has 94 valence electrons. The number of ether oxygens (including phenoxy) is 1. The van der Waals surface area contributed by atoms with E-state index in [1.807, 2.05) is 6.92 Å². The molecule has 0 aromatic carbocycles. The summed E-state index contributed by atoms with van der Waals surface area (Å²) in [7, 11) is 1.71. The molecule has 0 amide bonds. The number of guanidine groups is 1. The van der Waals surface area contributed by atoms with Gasteiger partial charge in [0.25, 0.3) is 0 Å². The predicted molar refractivity (Wildman–Crippen MR) is 69.6 cm³/mol. The van der Waals surface area contributed by atoms with Gasteiger partial charge >= 0.3 is 0 Å². The minimum atomic E-state index is 0.117. The fraction of sp³-hybridized carbons (Fsp3) is 0.750. The highest BCUT2D eigenvalue weighted by Crippen LogP contribution is 2.20. The highest BCUT2D eigenvalue weighted by molar-refractivity contribution is 5.78. The van der Waals surface area contributed by atoms with E-state index in [1.54, 1.807) is 7.11 Å². The average Bonchev–Trinajstić information content (AvgIpc) is 2.21. The molecule has 0 aliphatic rings. The first kappa shape index (κ1) is 15.0. The first-order valence-electron chi connectivity index (χ1n) is 5.54. The Bertz CT molecular complexity index is 247. The molecule has 0 aliphatic heterocycles. The molecular formula is C12H25N3O. The van der Waals surface area contributed by atoms with Crippen molar-refractivity contribution in [1.29, 1.82) is 0 Å². The maximum absolute atomic E-state index is 5.72. The molecule has 0 fully saturated rings. The standard InChI is InChI=1S/C12H25N3O/c1-10(2)8-14-11(13)15-9-12(3,4)6-7-16-5/h1,6-9H2,2-5H3,(H3,13,14,15). The molecule has 0 unspecified atom stereocenters. The van der Waals surface area contributed by atoms with Crippen LogP contribution in [0.4, 0.5) is 0 Å². The molecule has 0 bridgehead atoms. The SMILES string of the molecule is C=C(C)CNC(N)=NCC(C)(C)CCOC. The van der Waals surface area contributed by atoms with Crippen LogP contribution in [0.5, 0.6) is 0 Å². The summed E-state index contributed by atoms with van der Waals surface area (Å²) in [6.07, 6.45) is 0.973. The number of hydrogen-bond acceptors (Lipinski definition) is 2. The zero-order valence-electron chi connectivity index (χ0n) is 11.0. The van der Waals surface area contributed by atoms with Gasteiger partial charge in [0.1, 0.15) is 0 Å². The third-order valence-electron chi connectivity index (χ3n) is 2.23. The summed E-state index contributed by atoms with van der Waals surface area (Å²) in [4.78, 5) is 4.31. The number of nitrogens with one attached hydrogen (secondary N) is 1. The molecule has 0 aromatic rings. The van der Waals surface area contributed by atoms with Crippen LogP contribution in [0.1, 0.15) is 27.2 Å². The minimum Gasteiger partial charge on any atom is -0.385 e. The second-order valence-corrected chi connectivity index (χ2v) is 4.92. The van der Waals surface area contributed by atoms with Crippen LogP contribution >= 0.6 is 0 Å². The van der Waals surface area contributed by atoms with E-state index in [-0.39, 0.29) is 5.41 Å². The number of aliphatic imine (C=N–C) groups is 1. The van der Waals surface area contributed by atoms with Gasteiger partial charge in [-0.15, -0.1) is 0 Å². The van der Waals surface area contributed by atoms with Crippen molar-refractivity contribution in [3.8, 4) is 0 Å². The van der Waals surface area contributed by atoms with Gasteiger partial charge in [0.05, 0.1) is 0 Å². The Morgan fingerprint density at radius 3 is 2.62 bits per heavy atom. The molecule has 4 heteroatoms. The molecular weight excluding hydrogens is 202 g/mol. The third kappa shape index (κ3) is 8.29. The summed E-state index contributed by atoms with van der Waals surface area (Å²) in [5.74, 6) is 0.480. The molecule has 0 spiro atoms. The first-order chi connectivity index (χ1) is 7.37. The lowest BCUT2D eigenvalue weighted by atomic mass is 9.90. The van der Waals surface area contributed by atoms with Gasteiger partial charge in [0.2, 0.25) is 0 Å². The maximum atomic E-state index is 5.72. The molecule has 16 heavy (non-hydrogen) atoms. The van der Waals surface area contributed by atoms with E-state index >= 15 is 0 Å². The van der Waals surface area contributed by atoms with E-state index in [4.69, 9.17) is 10.5 Å². The van der Waals surface area contributed by atoms with Crippen molar-refractivity contribution in [3.05, 3.63) is 12.2 Å². The van der Waals surface area contributed by atoms with E-state index in [9.17, 15) is 0 Å². The van der Waals surface area contributed by atoms with Gasteiger partial charge in [-0.05, 0) is 18.8 Å². The molecule has 0 radical (unpaired) electrons. The number of nitrogens with zero attached hydrogens (tertiary/aromatic N) is 1. The van der Waals surface area contributed by atoms with Crippen LogP contribution in [0.15, 0.2) is 17.1 Å². The summed E-state index contributed by atoms with van der Waals surface area (Å²) in [5, 5.41) is 3.01. The van der Waals surface area contributed by atoms with Crippen LogP contribution in [0.2, 0.25) is 0 Å². The van der Waals surface area contributed by atoms with Crippen molar-refractivity contribution >= 4 is 5.96 Å². The highest BCUT2D eigenvalue weighted by Gasteiger charge is 2.16. The zero-order valence-corrected chi connectivity index (χ0v) is 11.0. The second-order valence-electron chi connectivity index (χ2n) is 4.92. The van der Waals surface area contributed by atoms with Crippen molar-refractivity contribution in [2.24, 2.45) is 16.1 Å². The minimum absolute atomic E-state index is 0.117. The third-order valence-corrected chi connectivity index (χ3v) is 2.23. The normalized spacial score (nSPS) is 12.6. The fourth-order valence-corrected chi connectivity index (χ4v) is 1.05. The van der Waals surface area contributed by atoms with Gasteiger partial charge < -0.3 is 15.8 Å². The van der Waals surface area contributed by atoms with E-state index < -0.39 is 0 Å². The fourth-order valence-electron chi connectivity index (χ4n) is 1.05. The smallest absolute Gasteiger partial charge is 0.188 e. The van der Waals surface area contributed by atoms with Gasteiger partial charge in [0, 0.05) is 26.8 Å². The molecule has 0 aromatic heterocycles. The number of rotatable bonds is 7. The maximum Gasteiger partial charge on any atom is 0.188 e. The molecule has 0 heterocycles. The van der Waals surface area contributed by atoms with Crippen molar-refractivity contribution in [2.45, 2.75) is 27.2 Å². The topological polar surface area (TPSA) is 59.6 Å². The number of nitrogens with two attached hydrogens (primary N) is 1. The first-order valence-corrected chi connectivity index (χ1v) is 5.54. The molecule has 0 saturated heterocycles. The van der Waals surface area contributed by atoms with Crippen LogP contribution in [-0.2, 0) is 4.74 Å². The van der Waals surface area contributed by atoms with Gasteiger partial charge in [0.15, 0.2) is 5.96 Å². The Kier molecular flexibility index (Phi) is 6.81. The van der Waals surface area contributed by atoms with Crippen molar-refractivity contribution in [3.63, 3.8) is 0 Å². The lowest BCUT2D eigenvalue weighted by Crippen LogP contribution is -2.34. The summed E-state index contributed by atoms with van der Waals surface area (Å²) in [5.41, 5.74) is 6.88. The number of methoxy groups -OCH3 is 1. The summed E-state index contributed by atoms with van der Waals surface area (Å²) in [6.45, 7) is 12.2. The van der Waals surface area contributed by atoms with Crippen LogP contribution in [0.25, 0.3) is 0 Å². The molecule has 0 aliphatic carbocycles. The Morgan fingerprint density at radius 2 is 2.12 bits per heavy atom. The predicted octanol–water partition coefficient (Wildman–Crippen LogP) is 1.53. The summed E-state index contributed by atoms with van der Waals surface area (Å²) >= 11 is 0. The second kappa shape index (κ2) is 7.28. The van der Waals surface area contributed by atoms with Gasteiger partial charge in [-0.3, -0.25) is 4.99 Å². The highest BCUT2D eigenvalue weighted by atomic mass is 16.5. The van der Waals surface area contributed by atoms with Gasteiger partial charge in [-0.1, -0.05) is 26.0 Å². The quantitative estimate of drug-likeness (QED) is 0.394.